The van der Waals surface area contributed by atoms with Crippen molar-refractivity contribution in [3.05, 3.63) is 131 Å². The molecule has 5 rings (SSSR count). The van der Waals surface area contributed by atoms with Crippen molar-refractivity contribution < 1.29 is 24.5 Å². The van der Waals surface area contributed by atoms with Crippen LogP contribution in [0.25, 0.3) is 11.1 Å². The lowest BCUT2D eigenvalue weighted by Crippen LogP contribution is -2.34. The van der Waals surface area contributed by atoms with Gasteiger partial charge < -0.3 is 30.3 Å². The first-order valence-electron chi connectivity index (χ1n) is 14.6. The van der Waals surface area contributed by atoms with Crippen molar-refractivity contribution in [2.45, 2.75) is 44.6 Å². The summed E-state index contributed by atoms with van der Waals surface area (Å²) in [5.41, 5.74) is 6.98. The molecule has 4 aromatic rings. The highest BCUT2D eigenvalue weighted by Crippen LogP contribution is 2.39. The molecule has 0 aliphatic carbocycles. The molecule has 0 spiro atoms. The van der Waals surface area contributed by atoms with Crippen LogP contribution < -0.4 is 10.6 Å². The van der Waals surface area contributed by atoms with Crippen molar-refractivity contribution in [3.63, 3.8) is 0 Å². The number of ether oxygens (including phenoxy) is 2. The Labute approximate surface area is 257 Å². The zero-order chi connectivity index (χ0) is 29.9. The van der Waals surface area contributed by atoms with Crippen LogP contribution in [0.1, 0.15) is 46.6 Å². The van der Waals surface area contributed by atoms with E-state index in [2.05, 4.69) is 28.8 Å². The summed E-state index contributed by atoms with van der Waals surface area (Å²) in [4.78, 5) is 12.5. The van der Waals surface area contributed by atoms with E-state index in [1.807, 2.05) is 84.9 Å². The summed E-state index contributed by atoms with van der Waals surface area (Å²) in [5.74, 6) is 1.43. The molecule has 1 heterocycles. The molecule has 1 saturated heterocycles. The van der Waals surface area contributed by atoms with Gasteiger partial charge in [0.15, 0.2) is 6.29 Å². The standard InChI is InChI=1S/C35H38N2O5S/c38-18-19-43-24-31-20-33(28-12-10-26(23-39)11-13-28)42-34(41-31)29-16-14-27(15-17-29)32-9-5-4-8-30(32)22-37-35(40)36-21-25-6-2-1-3-7-25/h1-17,31,33-34,38-39H,18-24H2,(H2,36,37,40)/t31-,33+,34+/m0/s1. The number of rotatable bonds is 12. The molecule has 0 bridgehead atoms. The number of amides is 2. The monoisotopic (exact) mass is 598 g/mol. The van der Waals surface area contributed by atoms with Crippen LogP contribution in [0.2, 0.25) is 0 Å². The number of hydrogen-bond acceptors (Lipinski definition) is 6. The van der Waals surface area contributed by atoms with Crippen LogP contribution in [0, 0.1) is 0 Å². The number of hydrogen-bond donors (Lipinski definition) is 4. The van der Waals surface area contributed by atoms with E-state index in [1.54, 1.807) is 11.8 Å². The van der Waals surface area contributed by atoms with Gasteiger partial charge in [-0.3, -0.25) is 0 Å². The highest BCUT2D eigenvalue weighted by molar-refractivity contribution is 7.99. The lowest BCUT2D eigenvalue weighted by molar-refractivity contribution is -0.245. The second-order valence-corrected chi connectivity index (χ2v) is 11.6. The maximum Gasteiger partial charge on any atom is 0.315 e. The molecule has 224 valence electrons. The van der Waals surface area contributed by atoms with Gasteiger partial charge in [0.05, 0.1) is 25.4 Å². The SMILES string of the molecule is O=C(NCc1ccccc1)NCc1ccccc1-c1ccc([C@@H]2O[C@H](CSCCO)C[C@H](c3ccc(CO)cc3)O2)cc1. The van der Waals surface area contributed by atoms with Crippen molar-refractivity contribution in [1.82, 2.24) is 10.6 Å². The minimum Gasteiger partial charge on any atom is -0.396 e. The Bertz CT molecular complexity index is 1430. The summed E-state index contributed by atoms with van der Waals surface area (Å²) >= 11 is 1.67. The van der Waals surface area contributed by atoms with Crippen LogP contribution in [0.4, 0.5) is 4.79 Å². The normalized spacial score (nSPS) is 18.2. The summed E-state index contributed by atoms with van der Waals surface area (Å²) < 4.78 is 12.8. The molecule has 7 nitrogen and oxygen atoms in total. The number of carbonyl (C=O) groups is 1. The molecule has 1 aliphatic rings. The third-order valence-electron chi connectivity index (χ3n) is 7.40. The first kappa shape index (κ1) is 30.8. The Morgan fingerprint density at radius 2 is 1.47 bits per heavy atom. The van der Waals surface area contributed by atoms with E-state index in [4.69, 9.17) is 9.47 Å². The van der Waals surface area contributed by atoms with E-state index in [-0.39, 0.29) is 31.5 Å². The first-order chi connectivity index (χ1) is 21.1. The second kappa shape index (κ2) is 15.7. The van der Waals surface area contributed by atoms with Crippen LogP contribution in [0.15, 0.2) is 103 Å². The minimum absolute atomic E-state index is 0.00492. The predicted octanol–water partition coefficient (Wildman–Crippen LogP) is 6.12. The summed E-state index contributed by atoms with van der Waals surface area (Å²) in [6.45, 7) is 1.01. The fourth-order valence-electron chi connectivity index (χ4n) is 5.09. The Balaban J connectivity index is 1.26. The van der Waals surface area contributed by atoms with Crippen molar-refractivity contribution in [1.29, 1.82) is 0 Å². The van der Waals surface area contributed by atoms with Gasteiger partial charge in [-0.2, -0.15) is 11.8 Å². The first-order valence-corrected chi connectivity index (χ1v) is 15.7. The largest absolute Gasteiger partial charge is 0.396 e. The molecule has 4 N–H and O–H groups in total. The topological polar surface area (TPSA) is 100 Å². The van der Waals surface area contributed by atoms with Gasteiger partial charge in [-0.25, -0.2) is 4.79 Å². The third-order valence-corrected chi connectivity index (χ3v) is 8.48. The molecule has 3 atom stereocenters. The van der Waals surface area contributed by atoms with Gasteiger partial charge in [0, 0.05) is 36.6 Å². The molecule has 2 amide bonds. The highest BCUT2D eigenvalue weighted by atomic mass is 32.2. The Morgan fingerprint density at radius 1 is 0.767 bits per heavy atom. The van der Waals surface area contributed by atoms with Gasteiger partial charge in [-0.15, -0.1) is 0 Å². The highest BCUT2D eigenvalue weighted by Gasteiger charge is 2.32. The maximum atomic E-state index is 12.5. The van der Waals surface area contributed by atoms with Gasteiger partial charge in [0.1, 0.15) is 0 Å². The molecule has 43 heavy (non-hydrogen) atoms. The molecule has 0 radical (unpaired) electrons. The van der Waals surface area contributed by atoms with Gasteiger partial charge in [-0.1, -0.05) is 103 Å². The molecule has 4 aromatic carbocycles. The van der Waals surface area contributed by atoms with Gasteiger partial charge >= 0.3 is 6.03 Å². The van der Waals surface area contributed by atoms with E-state index in [0.29, 0.717) is 25.3 Å². The van der Waals surface area contributed by atoms with E-state index >= 15 is 0 Å². The number of aliphatic hydroxyl groups is 2. The Kier molecular flexibility index (Phi) is 11.2. The zero-order valence-corrected chi connectivity index (χ0v) is 24.8. The van der Waals surface area contributed by atoms with E-state index < -0.39 is 6.29 Å². The number of thioether (sulfide) groups is 1. The van der Waals surface area contributed by atoms with Crippen molar-refractivity contribution in [3.8, 4) is 11.1 Å². The predicted molar refractivity (Wildman–Crippen MR) is 170 cm³/mol. The molecule has 0 saturated carbocycles. The number of aliphatic hydroxyl groups excluding tert-OH is 2. The average molecular weight is 599 g/mol. The smallest absolute Gasteiger partial charge is 0.315 e. The number of urea groups is 1. The van der Waals surface area contributed by atoms with E-state index in [9.17, 15) is 15.0 Å². The molecule has 1 fully saturated rings. The minimum atomic E-state index is -0.532. The van der Waals surface area contributed by atoms with Crippen molar-refractivity contribution in [2.75, 3.05) is 18.1 Å². The number of nitrogens with one attached hydrogen (secondary N) is 2. The lowest BCUT2D eigenvalue weighted by Gasteiger charge is -2.36. The maximum absolute atomic E-state index is 12.5. The van der Waals surface area contributed by atoms with E-state index in [1.165, 1.54) is 0 Å². The number of carbonyl (C=O) groups excluding carboxylic acids is 1. The molecular formula is C35H38N2O5S. The molecule has 0 aromatic heterocycles. The van der Waals surface area contributed by atoms with Crippen LogP contribution in [0.5, 0.6) is 0 Å². The summed E-state index contributed by atoms with van der Waals surface area (Å²) in [6, 6.07) is 33.7. The Hall–Kier alpha value is -3.66. The number of benzene rings is 4. The fraction of sp³-hybridized carbons (Fsp3) is 0.286. The average Bonchev–Trinajstić information content (AvgIpc) is 3.07. The quantitative estimate of drug-likeness (QED) is 0.147. The summed E-state index contributed by atoms with van der Waals surface area (Å²) in [5, 5.41) is 24.6. The van der Waals surface area contributed by atoms with Crippen LogP contribution in [0.3, 0.4) is 0 Å². The van der Waals surface area contributed by atoms with Crippen molar-refractivity contribution >= 4 is 17.8 Å². The molecule has 1 aliphatic heterocycles. The lowest BCUT2D eigenvalue weighted by atomic mass is 9.98. The zero-order valence-electron chi connectivity index (χ0n) is 24.0. The summed E-state index contributed by atoms with van der Waals surface area (Å²) in [7, 11) is 0. The molecule has 0 unspecified atom stereocenters. The third kappa shape index (κ3) is 8.69. The fourth-order valence-corrected chi connectivity index (χ4v) is 5.87. The van der Waals surface area contributed by atoms with Crippen LogP contribution in [-0.2, 0) is 29.2 Å². The summed E-state index contributed by atoms with van der Waals surface area (Å²) in [6.07, 6.45) is 0.00320. The van der Waals surface area contributed by atoms with Crippen molar-refractivity contribution in [2.24, 2.45) is 0 Å². The Morgan fingerprint density at radius 3 is 2.21 bits per heavy atom. The molecular weight excluding hydrogens is 560 g/mol. The van der Waals surface area contributed by atoms with E-state index in [0.717, 1.165) is 44.7 Å². The van der Waals surface area contributed by atoms with Gasteiger partial charge in [0.2, 0.25) is 0 Å². The van der Waals surface area contributed by atoms with Gasteiger partial charge in [0.25, 0.3) is 0 Å². The molecule has 8 heteroatoms. The van der Waals surface area contributed by atoms with Crippen LogP contribution in [-0.4, -0.2) is 40.5 Å². The second-order valence-electron chi connectivity index (χ2n) is 10.4. The van der Waals surface area contributed by atoms with Crippen LogP contribution >= 0.6 is 11.8 Å². The van der Waals surface area contributed by atoms with Gasteiger partial charge in [-0.05, 0) is 33.4 Å².